The van der Waals surface area contributed by atoms with Crippen molar-refractivity contribution in [2.45, 2.75) is 91.0 Å². The van der Waals surface area contributed by atoms with Gasteiger partial charge in [-0.1, -0.05) is 54.9 Å². The maximum atomic E-state index is 6.60. The minimum atomic E-state index is -1.63. The van der Waals surface area contributed by atoms with E-state index in [1.165, 1.54) is 12.8 Å². The molecular formula is C14H32OSi. The summed E-state index contributed by atoms with van der Waals surface area (Å²) in [6.07, 6.45) is 2.85. The first-order valence-corrected chi connectivity index (χ1v) is 9.10. The molecule has 0 N–H and O–H groups in total. The smallest absolute Gasteiger partial charge is 0.200 e. The van der Waals surface area contributed by atoms with Crippen molar-refractivity contribution >= 4 is 8.32 Å². The molecule has 0 fully saturated rings. The number of hydrogen-bond acceptors (Lipinski definition) is 1. The molecule has 0 spiro atoms. The molecule has 98 valence electrons. The van der Waals surface area contributed by atoms with Gasteiger partial charge in [0.1, 0.15) is 0 Å². The van der Waals surface area contributed by atoms with Crippen LogP contribution in [0.3, 0.4) is 0 Å². The van der Waals surface area contributed by atoms with Crippen LogP contribution in [0.5, 0.6) is 0 Å². The summed E-state index contributed by atoms with van der Waals surface area (Å²) in [5.74, 6) is 0. The van der Waals surface area contributed by atoms with Crippen molar-refractivity contribution in [2.75, 3.05) is 0 Å². The maximum absolute atomic E-state index is 6.60. The second-order valence-electron chi connectivity index (χ2n) is 6.03. The van der Waals surface area contributed by atoms with Crippen molar-refractivity contribution < 1.29 is 4.43 Å². The molecule has 0 aliphatic carbocycles. The Morgan fingerprint density at radius 3 is 1.44 bits per heavy atom. The molecule has 0 saturated heterocycles. The lowest BCUT2D eigenvalue weighted by atomic mass is 10.2. The van der Waals surface area contributed by atoms with Gasteiger partial charge in [-0.15, -0.1) is 0 Å². The first-order chi connectivity index (χ1) is 7.28. The molecule has 1 atom stereocenters. The molecule has 0 aliphatic rings. The van der Waals surface area contributed by atoms with Gasteiger partial charge in [0.25, 0.3) is 0 Å². The van der Waals surface area contributed by atoms with Crippen LogP contribution < -0.4 is 0 Å². The zero-order chi connectivity index (χ0) is 12.9. The lowest BCUT2D eigenvalue weighted by Crippen LogP contribution is -2.49. The number of hydrogen-bond donors (Lipinski definition) is 0. The van der Waals surface area contributed by atoms with Crippen LogP contribution in [0.1, 0.15) is 68.2 Å². The van der Waals surface area contributed by atoms with E-state index in [0.717, 1.165) is 0 Å². The van der Waals surface area contributed by atoms with Gasteiger partial charge in [0.2, 0.25) is 8.32 Å². The largest absolute Gasteiger partial charge is 0.413 e. The van der Waals surface area contributed by atoms with E-state index < -0.39 is 8.32 Å². The molecule has 0 bridgehead atoms. The third-order valence-electron chi connectivity index (χ3n) is 3.81. The predicted octanol–water partition coefficient (Wildman–Crippen LogP) is 5.37. The lowest BCUT2D eigenvalue weighted by molar-refractivity contribution is 0.181. The van der Waals surface area contributed by atoms with Crippen LogP contribution in [0.15, 0.2) is 0 Å². The van der Waals surface area contributed by atoms with E-state index >= 15 is 0 Å². The van der Waals surface area contributed by atoms with Crippen LogP contribution in [0.4, 0.5) is 0 Å². The van der Waals surface area contributed by atoms with Crippen LogP contribution >= 0.6 is 0 Å². The molecule has 0 aromatic rings. The highest BCUT2D eigenvalue weighted by atomic mass is 28.4. The molecule has 0 aromatic heterocycles. The minimum absolute atomic E-state index is 0.434. The normalized spacial score (nSPS) is 15.2. The van der Waals surface area contributed by atoms with E-state index in [1.807, 2.05) is 0 Å². The van der Waals surface area contributed by atoms with Crippen molar-refractivity contribution in [1.29, 1.82) is 0 Å². The van der Waals surface area contributed by atoms with Crippen molar-refractivity contribution in [3.05, 3.63) is 0 Å². The van der Waals surface area contributed by atoms with Crippen molar-refractivity contribution in [3.8, 4) is 0 Å². The number of rotatable bonds is 7. The molecule has 0 saturated carbocycles. The van der Waals surface area contributed by atoms with E-state index in [9.17, 15) is 0 Å². The zero-order valence-corrected chi connectivity index (χ0v) is 13.6. The molecule has 0 rings (SSSR count). The van der Waals surface area contributed by atoms with Gasteiger partial charge in [0, 0.05) is 6.10 Å². The van der Waals surface area contributed by atoms with Crippen molar-refractivity contribution in [3.63, 3.8) is 0 Å². The third-order valence-corrected chi connectivity index (χ3v) is 10.0. The Hall–Kier alpha value is 0.177. The monoisotopic (exact) mass is 244 g/mol. The van der Waals surface area contributed by atoms with Crippen molar-refractivity contribution in [2.24, 2.45) is 0 Å². The second kappa shape index (κ2) is 6.80. The second-order valence-corrected chi connectivity index (χ2v) is 11.4. The van der Waals surface area contributed by atoms with Gasteiger partial charge >= 0.3 is 0 Å². The van der Waals surface area contributed by atoms with Crippen LogP contribution in [-0.2, 0) is 4.43 Å². The third kappa shape index (κ3) is 3.59. The fraction of sp³-hybridized carbons (Fsp3) is 1.00. The van der Waals surface area contributed by atoms with Gasteiger partial charge in [-0.25, -0.2) is 0 Å². The zero-order valence-electron chi connectivity index (χ0n) is 12.6. The van der Waals surface area contributed by atoms with Gasteiger partial charge in [-0.2, -0.15) is 0 Å². The average Bonchev–Trinajstić information content (AvgIpc) is 2.12. The summed E-state index contributed by atoms with van der Waals surface area (Å²) in [7, 11) is -1.63. The fourth-order valence-electron chi connectivity index (χ4n) is 3.22. The van der Waals surface area contributed by atoms with E-state index in [2.05, 4.69) is 55.4 Å². The van der Waals surface area contributed by atoms with E-state index in [1.54, 1.807) is 0 Å². The van der Waals surface area contributed by atoms with Gasteiger partial charge in [0.15, 0.2) is 0 Å². The Morgan fingerprint density at radius 2 is 1.19 bits per heavy atom. The summed E-state index contributed by atoms with van der Waals surface area (Å²) in [4.78, 5) is 0. The Labute approximate surface area is 104 Å². The summed E-state index contributed by atoms with van der Waals surface area (Å²) in [5, 5.41) is 0. The van der Waals surface area contributed by atoms with Crippen LogP contribution in [0, 0.1) is 0 Å². The molecule has 1 nitrogen and oxygen atoms in total. The summed E-state index contributed by atoms with van der Waals surface area (Å²) >= 11 is 0. The molecule has 0 amide bonds. The molecular weight excluding hydrogens is 212 g/mol. The Bertz CT molecular complexity index is 165. The predicted molar refractivity (Wildman–Crippen MR) is 76.5 cm³/mol. The molecule has 2 heteroatoms. The summed E-state index contributed by atoms with van der Waals surface area (Å²) < 4.78 is 6.60. The fourth-order valence-corrected chi connectivity index (χ4v) is 8.85. The van der Waals surface area contributed by atoms with E-state index in [-0.39, 0.29) is 0 Å². The van der Waals surface area contributed by atoms with Crippen LogP contribution in [0.2, 0.25) is 16.6 Å². The highest BCUT2D eigenvalue weighted by molar-refractivity contribution is 6.77. The van der Waals surface area contributed by atoms with Crippen LogP contribution in [0.25, 0.3) is 0 Å². The average molecular weight is 244 g/mol. The molecule has 16 heavy (non-hydrogen) atoms. The summed E-state index contributed by atoms with van der Waals surface area (Å²) in [6.45, 7) is 18.6. The molecule has 0 heterocycles. The highest BCUT2D eigenvalue weighted by Crippen LogP contribution is 2.43. The molecule has 0 radical (unpaired) electrons. The summed E-state index contributed by atoms with van der Waals surface area (Å²) in [5.41, 5.74) is 2.10. The minimum Gasteiger partial charge on any atom is -0.413 e. The SMILES string of the molecule is CCCC(C)O[Si](C(C)C)(C(C)C)C(C)C. The van der Waals surface area contributed by atoms with E-state index in [4.69, 9.17) is 4.43 Å². The lowest BCUT2D eigenvalue weighted by Gasteiger charge is -2.44. The standard InChI is InChI=1S/C14H32OSi/c1-9-10-14(8)15-16(11(2)3,12(4)5)13(6)7/h11-14H,9-10H2,1-8H3. The first kappa shape index (κ1) is 16.2. The van der Waals surface area contributed by atoms with Crippen LogP contribution in [-0.4, -0.2) is 14.4 Å². The Balaban J connectivity index is 4.90. The molecule has 1 unspecified atom stereocenters. The maximum Gasteiger partial charge on any atom is 0.200 e. The van der Waals surface area contributed by atoms with Crippen molar-refractivity contribution in [1.82, 2.24) is 0 Å². The first-order valence-electron chi connectivity index (χ1n) is 6.96. The van der Waals surface area contributed by atoms with Gasteiger partial charge in [0.05, 0.1) is 0 Å². The van der Waals surface area contributed by atoms with Gasteiger partial charge < -0.3 is 4.43 Å². The Kier molecular flexibility index (Phi) is 6.88. The summed E-state index contributed by atoms with van der Waals surface area (Å²) in [6, 6.07) is 0. The van der Waals surface area contributed by atoms with E-state index in [0.29, 0.717) is 22.7 Å². The molecule has 0 aliphatic heterocycles. The van der Waals surface area contributed by atoms with Gasteiger partial charge in [-0.05, 0) is 30.0 Å². The highest BCUT2D eigenvalue weighted by Gasteiger charge is 2.45. The quantitative estimate of drug-likeness (QED) is 0.547. The molecule has 0 aromatic carbocycles. The van der Waals surface area contributed by atoms with Gasteiger partial charge in [-0.3, -0.25) is 0 Å². The topological polar surface area (TPSA) is 9.23 Å². The Morgan fingerprint density at radius 1 is 0.812 bits per heavy atom.